The molecule has 0 bridgehead atoms. The second-order valence-electron chi connectivity index (χ2n) is 17.3. The Hall–Kier alpha value is -1.79. The van der Waals surface area contributed by atoms with E-state index >= 15 is 0 Å². The molecular formula is C40H71NO14. The van der Waals surface area contributed by atoms with Crippen molar-refractivity contribution in [2.75, 3.05) is 21.2 Å². The Balaban J connectivity index is 2.24. The van der Waals surface area contributed by atoms with Crippen molar-refractivity contribution in [1.82, 2.24) is 4.90 Å². The van der Waals surface area contributed by atoms with Crippen LogP contribution in [0.3, 0.4) is 0 Å². The maximum atomic E-state index is 14.2. The molecule has 15 nitrogen and oxygen atoms in total. The molecular weight excluding hydrogens is 718 g/mol. The summed E-state index contributed by atoms with van der Waals surface area (Å²) in [5, 5.41) is 46.6. The molecule has 3 rings (SSSR count). The highest BCUT2D eigenvalue weighted by atomic mass is 16.7. The predicted octanol–water partition coefficient (Wildman–Crippen LogP) is 2.75. The number of hydrogen-bond donors (Lipinski definition) is 4. The Kier molecular flexibility index (Phi) is 16.3. The molecule has 3 saturated heterocycles. The van der Waals surface area contributed by atoms with Crippen molar-refractivity contribution in [3.05, 3.63) is 0 Å². The number of carbonyl (C=O) groups excluding carboxylic acids is 3. The van der Waals surface area contributed by atoms with Gasteiger partial charge >= 0.3 is 11.9 Å². The van der Waals surface area contributed by atoms with Crippen LogP contribution in [0, 0.1) is 23.7 Å². The Morgan fingerprint density at radius 1 is 0.891 bits per heavy atom. The smallest absolute Gasteiger partial charge is 0.311 e. The molecule has 0 aromatic carbocycles. The molecule has 3 aliphatic rings. The number of ketones is 1. The zero-order valence-electron chi connectivity index (χ0n) is 35.5. The minimum Gasteiger partial charge on any atom is -0.459 e. The largest absolute Gasteiger partial charge is 0.459 e. The van der Waals surface area contributed by atoms with Gasteiger partial charge < -0.3 is 58.5 Å². The molecule has 0 aliphatic carbocycles. The molecule has 3 aliphatic heterocycles. The third-order valence-electron chi connectivity index (χ3n) is 12.4. The van der Waals surface area contributed by atoms with E-state index in [1.807, 2.05) is 25.9 Å². The molecule has 3 fully saturated rings. The van der Waals surface area contributed by atoms with Gasteiger partial charge in [-0.15, -0.1) is 0 Å². The monoisotopic (exact) mass is 789 g/mol. The molecule has 0 radical (unpaired) electrons. The number of esters is 2. The van der Waals surface area contributed by atoms with E-state index < -0.39 is 114 Å². The van der Waals surface area contributed by atoms with Crippen LogP contribution >= 0.6 is 0 Å². The first-order valence-corrected chi connectivity index (χ1v) is 19.9. The molecule has 0 unspecified atom stereocenters. The van der Waals surface area contributed by atoms with E-state index in [9.17, 15) is 34.8 Å². The summed E-state index contributed by atoms with van der Waals surface area (Å²) >= 11 is 0. The summed E-state index contributed by atoms with van der Waals surface area (Å²) in [6.45, 7) is 18.0. The van der Waals surface area contributed by atoms with Crippen molar-refractivity contribution in [2.45, 2.75) is 193 Å². The van der Waals surface area contributed by atoms with Crippen LogP contribution in [0.5, 0.6) is 0 Å². The minimum atomic E-state index is -2.01. The van der Waals surface area contributed by atoms with Gasteiger partial charge in [0.2, 0.25) is 0 Å². The van der Waals surface area contributed by atoms with Gasteiger partial charge in [0, 0.05) is 37.7 Å². The molecule has 18 atom stereocenters. The molecule has 15 heteroatoms. The number of aliphatic hydroxyl groups excluding tert-OH is 2. The second kappa shape index (κ2) is 18.9. The lowest BCUT2D eigenvalue weighted by Gasteiger charge is -2.49. The lowest BCUT2D eigenvalue weighted by atomic mass is 9.74. The minimum absolute atomic E-state index is 0.0760. The van der Waals surface area contributed by atoms with Crippen molar-refractivity contribution >= 4 is 17.7 Å². The lowest BCUT2D eigenvalue weighted by Crippen LogP contribution is -2.61. The summed E-state index contributed by atoms with van der Waals surface area (Å²) in [6, 6.07) is -0.319. The number of ether oxygens (including phenoxy) is 7. The van der Waals surface area contributed by atoms with E-state index in [0.717, 1.165) is 0 Å². The van der Waals surface area contributed by atoms with Crippen LogP contribution in [0.1, 0.15) is 108 Å². The first-order valence-electron chi connectivity index (χ1n) is 19.9. The van der Waals surface area contributed by atoms with Gasteiger partial charge in [-0.1, -0.05) is 34.6 Å². The van der Waals surface area contributed by atoms with Gasteiger partial charge in [-0.2, -0.15) is 0 Å². The topological polar surface area (TPSA) is 200 Å². The zero-order valence-corrected chi connectivity index (χ0v) is 35.5. The molecule has 0 amide bonds. The van der Waals surface area contributed by atoms with Crippen molar-refractivity contribution in [3.8, 4) is 0 Å². The van der Waals surface area contributed by atoms with E-state index in [4.69, 9.17) is 33.2 Å². The first kappa shape index (κ1) is 47.6. The molecule has 0 spiro atoms. The van der Waals surface area contributed by atoms with Gasteiger partial charge in [-0.3, -0.25) is 14.4 Å². The van der Waals surface area contributed by atoms with Crippen molar-refractivity contribution in [3.63, 3.8) is 0 Å². The number of hydrogen-bond acceptors (Lipinski definition) is 15. The van der Waals surface area contributed by atoms with E-state index in [1.165, 1.54) is 27.9 Å². The van der Waals surface area contributed by atoms with Gasteiger partial charge in [0.25, 0.3) is 0 Å². The average Bonchev–Trinajstić information content (AvgIpc) is 3.11. The summed E-state index contributed by atoms with van der Waals surface area (Å²) < 4.78 is 43.6. The van der Waals surface area contributed by atoms with E-state index in [2.05, 4.69) is 0 Å². The highest BCUT2D eigenvalue weighted by Gasteiger charge is 2.54. The van der Waals surface area contributed by atoms with E-state index in [0.29, 0.717) is 6.42 Å². The van der Waals surface area contributed by atoms with E-state index in [1.54, 1.807) is 48.5 Å². The number of nitrogens with zero attached hydrogens (tertiary/aromatic N) is 1. The Morgan fingerprint density at radius 3 is 2.05 bits per heavy atom. The van der Waals surface area contributed by atoms with E-state index in [-0.39, 0.29) is 37.8 Å². The maximum Gasteiger partial charge on any atom is 0.311 e. The second-order valence-corrected chi connectivity index (χ2v) is 17.3. The van der Waals surface area contributed by atoms with Crippen LogP contribution in [-0.2, 0) is 47.5 Å². The number of cyclic esters (lactones) is 1. The Morgan fingerprint density at radius 2 is 1.51 bits per heavy atom. The van der Waals surface area contributed by atoms with Gasteiger partial charge in [0.1, 0.15) is 23.6 Å². The van der Waals surface area contributed by atoms with Crippen LogP contribution in [0.2, 0.25) is 0 Å². The van der Waals surface area contributed by atoms with Crippen molar-refractivity contribution in [2.24, 2.45) is 23.7 Å². The Bertz CT molecular complexity index is 1290. The van der Waals surface area contributed by atoms with Gasteiger partial charge in [0.15, 0.2) is 18.7 Å². The van der Waals surface area contributed by atoms with Crippen LogP contribution in [0.25, 0.3) is 0 Å². The molecule has 55 heavy (non-hydrogen) atoms. The number of rotatable bonds is 9. The number of carbonyl (C=O) groups is 3. The third kappa shape index (κ3) is 10.6. The fraction of sp³-hybridized carbons (Fsp3) is 0.925. The highest BCUT2D eigenvalue weighted by Crippen LogP contribution is 2.41. The zero-order chi connectivity index (χ0) is 42.0. The lowest BCUT2D eigenvalue weighted by molar-refractivity contribution is -0.319. The molecule has 0 aromatic rings. The summed E-state index contributed by atoms with van der Waals surface area (Å²) in [7, 11) is 5.21. The number of Topliss-reactive ketones (excluding diaryl/α,β-unsaturated/α-hetero) is 1. The summed E-state index contributed by atoms with van der Waals surface area (Å²) in [5.74, 6) is -5.59. The average molecular weight is 790 g/mol. The molecule has 3 heterocycles. The number of methoxy groups -OCH3 is 1. The molecule has 0 saturated carbocycles. The van der Waals surface area contributed by atoms with Crippen LogP contribution in [0.15, 0.2) is 0 Å². The van der Waals surface area contributed by atoms with Gasteiger partial charge in [-0.25, -0.2) is 0 Å². The standard InChI is InChI=1S/C40H71NO14/c1-15-27-40(11,48)33(44)22(5)30(43)20(3)18-38(9,47)35(55-37-32(53-28(42)16-2)26(41(12)13)17-21(4)50-37)23(6)31(24(7)36(46)52-27)54-29-19-39(10,49-14)34(45)25(8)51-29/h20-27,29,31-35,37,44-45,47-48H,15-19H2,1-14H3/t20-,21-,22+,23+,24-,25-,26+,27-,29-,31+,32+,33-,34+,35-,37+,38-,39+,40-/m0/s1. The summed E-state index contributed by atoms with van der Waals surface area (Å²) in [4.78, 5) is 42.9. The molecule has 320 valence electrons. The molecule has 0 aromatic heterocycles. The van der Waals surface area contributed by atoms with Crippen molar-refractivity contribution in [1.29, 1.82) is 0 Å². The fourth-order valence-electron chi connectivity index (χ4n) is 8.76. The summed E-state index contributed by atoms with van der Waals surface area (Å²) in [5.41, 5.74) is -4.92. The van der Waals surface area contributed by atoms with Crippen molar-refractivity contribution < 1.29 is 68.0 Å². The van der Waals surface area contributed by atoms with Crippen LogP contribution < -0.4 is 0 Å². The fourth-order valence-corrected chi connectivity index (χ4v) is 8.76. The first-order chi connectivity index (χ1) is 25.4. The van der Waals surface area contributed by atoms with Gasteiger partial charge in [-0.05, 0) is 74.9 Å². The maximum absolute atomic E-state index is 14.2. The third-order valence-corrected chi connectivity index (χ3v) is 12.4. The Labute approximate surface area is 327 Å². The van der Waals surface area contributed by atoms with Crippen LogP contribution in [-0.4, -0.2) is 149 Å². The highest BCUT2D eigenvalue weighted by molar-refractivity contribution is 5.83. The van der Waals surface area contributed by atoms with Gasteiger partial charge in [0.05, 0.1) is 53.7 Å². The number of aliphatic hydroxyl groups is 4. The normalized spacial score (nSPS) is 46.9. The molecule has 4 N–H and O–H groups in total. The predicted molar refractivity (Wildman–Crippen MR) is 200 cm³/mol. The summed E-state index contributed by atoms with van der Waals surface area (Å²) in [6.07, 6.45) is -9.68. The number of likely N-dealkylation sites (N-methyl/N-ethyl adjacent to an activating group) is 1. The SMILES string of the molecule is CCC(=O)O[C@H]1[C@@H](O[C@H]2[C@H](C)[C@@H](O[C@H]3C[C@@](C)(OC)[C@H](O)[C@H](C)O3)[C@H](C)C(=O)O[C@@H](CC)[C@](C)(O)[C@@H](O)[C@H](C)C(=O)[C@@H](C)C[C@]2(C)O)O[C@@H](C)C[C@H]1N(C)C. The van der Waals surface area contributed by atoms with Crippen LogP contribution in [0.4, 0.5) is 0 Å². The quantitative estimate of drug-likeness (QED) is 0.249.